The zero-order valence-electron chi connectivity index (χ0n) is 15.3. The Balaban J connectivity index is 2.04. The molecule has 0 unspecified atom stereocenters. The fourth-order valence-corrected chi connectivity index (χ4v) is 3.16. The van der Waals surface area contributed by atoms with Gasteiger partial charge in [0, 0.05) is 17.5 Å². The maximum absolute atomic E-state index is 14.6. The van der Waals surface area contributed by atoms with E-state index in [0.717, 1.165) is 12.1 Å². The number of nitrogens with zero attached hydrogens (tertiary/aromatic N) is 3. The molecule has 0 spiro atoms. The molecule has 0 aliphatic heterocycles. The number of hydrogen-bond acceptors (Lipinski definition) is 5. The minimum atomic E-state index is -1.75. The van der Waals surface area contributed by atoms with Crippen molar-refractivity contribution in [2.45, 2.75) is 25.0 Å². The molecule has 1 N–H and O–H groups in total. The normalized spacial score (nSPS) is 14.3. The third kappa shape index (κ3) is 3.77. The van der Waals surface area contributed by atoms with Crippen LogP contribution in [0.4, 0.5) is 8.78 Å². The van der Waals surface area contributed by atoms with E-state index in [9.17, 15) is 18.7 Å². The van der Waals surface area contributed by atoms with Crippen LogP contribution in [0.1, 0.15) is 34.3 Å². The molecule has 1 aromatic heterocycles. The molecule has 0 aliphatic rings. The van der Waals surface area contributed by atoms with Crippen LogP contribution in [0, 0.1) is 11.6 Å². The summed E-state index contributed by atoms with van der Waals surface area (Å²) < 4.78 is 34.0. The molecule has 2 aromatic carbocycles. The molecule has 0 fully saturated rings. The van der Waals surface area contributed by atoms with Crippen LogP contribution in [0.3, 0.4) is 0 Å². The summed E-state index contributed by atoms with van der Waals surface area (Å²) in [4.78, 5) is 15.5. The van der Waals surface area contributed by atoms with Crippen molar-refractivity contribution in [2.24, 2.45) is 0 Å². The average Bonchev–Trinajstić information content (AvgIpc) is 3.19. The van der Waals surface area contributed by atoms with Gasteiger partial charge in [-0.3, -0.25) is 0 Å². The summed E-state index contributed by atoms with van der Waals surface area (Å²) in [6.07, 6.45) is 2.71. The summed E-state index contributed by atoms with van der Waals surface area (Å²) >= 11 is 0. The van der Waals surface area contributed by atoms with Gasteiger partial charge < -0.3 is 9.84 Å². The zero-order chi connectivity index (χ0) is 20.3. The number of aliphatic hydroxyl groups is 1. The van der Waals surface area contributed by atoms with Crippen LogP contribution in [0.5, 0.6) is 0 Å². The number of esters is 1. The second-order valence-electron chi connectivity index (χ2n) is 6.48. The van der Waals surface area contributed by atoms with Crippen LogP contribution in [-0.2, 0) is 16.9 Å². The van der Waals surface area contributed by atoms with Crippen molar-refractivity contribution >= 4 is 5.97 Å². The van der Waals surface area contributed by atoms with Crippen LogP contribution in [0.15, 0.2) is 55.1 Å². The van der Waals surface area contributed by atoms with Crippen molar-refractivity contribution in [1.29, 1.82) is 0 Å². The molecule has 3 rings (SSSR count). The van der Waals surface area contributed by atoms with Crippen molar-refractivity contribution in [1.82, 2.24) is 14.8 Å². The Labute approximate surface area is 160 Å². The van der Waals surface area contributed by atoms with Gasteiger partial charge in [0.1, 0.15) is 29.9 Å². The van der Waals surface area contributed by atoms with Crippen LogP contribution in [-0.4, -0.2) is 33.0 Å². The predicted molar refractivity (Wildman–Crippen MR) is 96.5 cm³/mol. The number of benzene rings is 2. The Morgan fingerprint density at radius 2 is 1.96 bits per heavy atom. The topological polar surface area (TPSA) is 77.2 Å². The Morgan fingerprint density at radius 1 is 1.25 bits per heavy atom. The van der Waals surface area contributed by atoms with E-state index >= 15 is 0 Å². The molecule has 6 nitrogen and oxygen atoms in total. The molecule has 0 saturated heterocycles. The summed E-state index contributed by atoms with van der Waals surface area (Å²) in [5, 5.41) is 15.5. The monoisotopic (exact) mass is 387 g/mol. The molecule has 0 aliphatic carbocycles. The lowest BCUT2D eigenvalue weighted by Gasteiger charge is -2.35. The SMILES string of the molecule is COC(=O)c1ccc([C@@H](C)[C@@](O)(Cn2cncn2)c2ccc(F)cc2F)cc1. The van der Waals surface area contributed by atoms with E-state index in [4.69, 9.17) is 0 Å². The van der Waals surface area contributed by atoms with Gasteiger partial charge in [-0.1, -0.05) is 25.1 Å². The Morgan fingerprint density at radius 3 is 2.54 bits per heavy atom. The molecule has 28 heavy (non-hydrogen) atoms. The summed E-state index contributed by atoms with van der Waals surface area (Å²) in [5.74, 6) is -2.70. The second-order valence-corrected chi connectivity index (χ2v) is 6.48. The molecule has 3 aromatic rings. The lowest BCUT2D eigenvalue weighted by molar-refractivity contribution is -0.0112. The summed E-state index contributed by atoms with van der Waals surface area (Å²) in [6, 6.07) is 9.49. The van der Waals surface area contributed by atoms with Gasteiger partial charge in [0.2, 0.25) is 0 Å². The molecular formula is C20H19F2N3O3. The largest absolute Gasteiger partial charge is 0.465 e. The molecule has 0 saturated carbocycles. The van der Waals surface area contributed by atoms with Crippen molar-refractivity contribution in [3.05, 3.63) is 83.4 Å². The minimum Gasteiger partial charge on any atom is -0.465 e. The number of rotatable bonds is 6. The molecule has 0 radical (unpaired) electrons. The number of aromatic nitrogens is 3. The van der Waals surface area contributed by atoms with E-state index in [0.29, 0.717) is 11.1 Å². The van der Waals surface area contributed by atoms with Gasteiger partial charge >= 0.3 is 5.97 Å². The highest BCUT2D eigenvalue weighted by molar-refractivity contribution is 5.89. The van der Waals surface area contributed by atoms with E-state index in [1.165, 1.54) is 30.5 Å². The fourth-order valence-electron chi connectivity index (χ4n) is 3.16. The predicted octanol–water partition coefficient (Wildman–Crippen LogP) is 3.03. The van der Waals surface area contributed by atoms with Gasteiger partial charge in [0.15, 0.2) is 0 Å². The second kappa shape index (κ2) is 7.85. The summed E-state index contributed by atoms with van der Waals surface area (Å²) in [5.41, 5.74) is -0.808. The first-order chi connectivity index (χ1) is 13.3. The molecule has 1 heterocycles. The smallest absolute Gasteiger partial charge is 0.337 e. The van der Waals surface area contributed by atoms with E-state index in [1.54, 1.807) is 31.2 Å². The number of methoxy groups -OCH3 is 1. The van der Waals surface area contributed by atoms with Crippen molar-refractivity contribution < 1.29 is 23.4 Å². The van der Waals surface area contributed by atoms with E-state index in [-0.39, 0.29) is 12.1 Å². The number of carbonyl (C=O) groups is 1. The maximum atomic E-state index is 14.6. The molecule has 2 atom stereocenters. The van der Waals surface area contributed by atoms with Gasteiger partial charge in [-0.05, 0) is 23.8 Å². The molecule has 8 heteroatoms. The fraction of sp³-hybridized carbons (Fsp3) is 0.250. The molecular weight excluding hydrogens is 368 g/mol. The van der Waals surface area contributed by atoms with Crippen LogP contribution in [0.25, 0.3) is 0 Å². The highest BCUT2D eigenvalue weighted by Crippen LogP contribution is 2.39. The minimum absolute atomic E-state index is 0.0612. The van der Waals surface area contributed by atoms with E-state index in [1.807, 2.05) is 0 Å². The number of halogens is 2. The third-order valence-electron chi connectivity index (χ3n) is 4.82. The summed E-state index contributed by atoms with van der Waals surface area (Å²) in [7, 11) is 1.28. The quantitative estimate of drug-likeness (QED) is 0.658. The number of ether oxygens (including phenoxy) is 1. The van der Waals surface area contributed by atoms with Crippen molar-refractivity contribution in [3.63, 3.8) is 0 Å². The van der Waals surface area contributed by atoms with E-state index < -0.39 is 29.1 Å². The zero-order valence-corrected chi connectivity index (χ0v) is 15.3. The van der Waals surface area contributed by atoms with Gasteiger partial charge in [-0.2, -0.15) is 5.10 Å². The molecule has 0 bridgehead atoms. The first-order valence-electron chi connectivity index (χ1n) is 8.53. The lowest BCUT2D eigenvalue weighted by Crippen LogP contribution is -2.38. The van der Waals surface area contributed by atoms with Gasteiger partial charge in [0.05, 0.1) is 19.2 Å². The molecule has 0 amide bonds. The van der Waals surface area contributed by atoms with Crippen LogP contribution >= 0.6 is 0 Å². The third-order valence-corrected chi connectivity index (χ3v) is 4.82. The van der Waals surface area contributed by atoms with Gasteiger partial charge in [-0.25, -0.2) is 23.2 Å². The average molecular weight is 387 g/mol. The van der Waals surface area contributed by atoms with E-state index in [2.05, 4.69) is 14.8 Å². The Kier molecular flexibility index (Phi) is 5.51. The lowest BCUT2D eigenvalue weighted by atomic mass is 9.78. The first-order valence-corrected chi connectivity index (χ1v) is 8.53. The van der Waals surface area contributed by atoms with Gasteiger partial charge in [0.25, 0.3) is 0 Å². The number of carbonyl (C=O) groups excluding carboxylic acids is 1. The highest BCUT2D eigenvalue weighted by Gasteiger charge is 2.40. The Bertz CT molecular complexity index is 961. The standard InChI is InChI=1S/C20H19F2N3O3/c1-13(14-3-5-15(6-4-14)19(26)28-2)20(27,10-25-12-23-11-24-25)17-8-7-16(21)9-18(17)22/h3-9,11-13,27H,10H2,1-2H3/t13-,20+/m1/s1. The van der Waals surface area contributed by atoms with Crippen molar-refractivity contribution in [2.75, 3.05) is 7.11 Å². The highest BCUT2D eigenvalue weighted by atomic mass is 19.1. The summed E-state index contributed by atoms with van der Waals surface area (Å²) in [6.45, 7) is 1.61. The maximum Gasteiger partial charge on any atom is 0.337 e. The van der Waals surface area contributed by atoms with Crippen molar-refractivity contribution in [3.8, 4) is 0 Å². The van der Waals surface area contributed by atoms with Crippen LogP contribution in [0.2, 0.25) is 0 Å². The molecule has 146 valence electrons. The first kappa shape index (κ1) is 19.6. The van der Waals surface area contributed by atoms with Gasteiger partial charge in [-0.15, -0.1) is 0 Å². The number of hydrogen-bond donors (Lipinski definition) is 1. The van der Waals surface area contributed by atoms with Crippen LogP contribution < -0.4 is 0 Å². The Hall–Kier alpha value is -3.13.